The number of nitrogens with zero attached hydrogens (tertiary/aromatic N) is 1. The van der Waals surface area contributed by atoms with Crippen molar-refractivity contribution in [2.45, 2.75) is 12.6 Å². The third kappa shape index (κ3) is 3.63. The molecule has 1 saturated heterocycles. The summed E-state index contributed by atoms with van der Waals surface area (Å²) in [5.41, 5.74) is 0.827. The SMILES string of the molecule is COc1ccccc1CNC(=O)N1CCOCC1C(=O)O. The summed E-state index contributed by atoms with van der Waals surface area (Å²) in [5, 5.41) is 11.8. The average Bonchev–Trinajstić information content (AvgIpc) is 2.52. The Labute approximate surface area is 122 Å². The van der Waals surface area contributed by atoms with E-state index in [1.807, 2.05) is 18.2 Å². The Morgan fingerprint density at radius 3 is 2.95 bits per heavy atom. The second-order valence-corrected chi connectivity index (χ2v) is 4.59. The van der Waals surface area contributed by atoms with Crippen LogP contribution in [0.25, 0.3) is 0 Å². The molecule has 7 nitrogen and oxygen atoms in total. The van der Waals surface area contributed by atoms with Crippen molar-refractivity contribution in [3.05, 3.63) is 29.8 Å². The van der Waals surface area contributed by atoms with E-state index in [0.717, 1.165) is 5.56 Å². The predicted octanol–water partition coefficient (Wildman–Crippen LogP) is 0.690. The minimum Gasteiger partial charge on any atom is -0.496 e. The van der Waals surface area contributed by atoms with Gasteiger partial charge >= 0.3 is 12.0 Å². The molecule has 0 aromatic heterocycles. The van der Waals surface area contributed by atoms with Crippen LogP contribution in [-0.4, -0.2) is 54.9 Å². The van der Waals surface area contributed by atoms with Crippen molar-refractivity contribution < 1.29 is 24.2 Å². The molecule has 7 heteroatoms. The van der Waals surface area contributed by atoms with Crippen LogP contribution in [0, 0.1) is 0 Å². The Morgan fingerprint density at radius 2 is 2.24 bits per heavy atom. The number of nitrogens with one attached hydrogen (secondary N) is 1. The van der Waals surface area contributed by atoms with E-state index in [2.05, 4.69) is 5.32 Å². The van der Waals surface area contributed by atoms with E-state index in [0.29, 0.717) is 12.4 Å². The Kier molecular flexibility index (Phi) is 4.99. The number of carbonyl (C=O) groups excluding carboxylic acids is 1. The molecule has 21 heavy (non-hydrogen) atoms. The molecule has 0 radical (unpaired) electrons. The number of aliphatic carboxylic acids is 1. The van der Waals surface area contributed by atoms with Gasteiger partial charge in [-0.15, -0.1) is 0 Å². The van der Waals surface area contributed by atoms with Gasteiger partial charge in [0.25, 0.3) is 0 Å². The van der Waals surface area contributed by atoms with Gasteiger partial charge in [-0.25, -0.2) is 9.59 Å². The summed E-state index contributed by atoms with van der Waals surface area (Å²) in [6, 6.07) is 5.96. The number of morpholine rings is 1. The second-order valence-electron chi connectivity index (χ2n) is 4.59. The zero-order chi connectivity index (χ0) is 15.2. The number of methoxy groups -OCH3 is 1. The maximum atomic E-state index is 12.1. The first-order valence-electron chi connectivity index (χ1n) is 6.60. The lowest BCUT2D eigenvalue weighted by molar-refractivity contribution is -0.147. The molecule has 2 rings (SSSR count). The topological polar surface area (TPSA) is 88.1 Å². The summed E-state index contributed by atoms with van der Waals surface area (Å²) in [6.45, 7) is 0.880. The first-order valence-corrected chi connectivity index (χ1v) is 6.60. The number of carbonyl (C=O) groups is 2. The Balaban J connectivity index is 1.99. The van der Waals surface area contributed by atoms with Crippen LogP contribution in [0.15, 0.2) is 24.3 Å². The average molecular weight is 294 g/mol. The molecule has 114 valence electrons. The number of ether oxygens (including phenoxy) is 2. The van der Waals surface area contributed by atoms with Gasteiger partial charge < -0.3 is 24.8 Å². The molecular weight excluding hydrogens is 276 g/mol. The fourth-order valence-corrected chi connectivity index (χ4v) is 2.17. The second kappa shape index (κ2) is 6.94. The molecular formula is C14H18N2O5. The van der Waals surface area contributed by atoms with Gasteiger partial charge in [-0.3, -0.25) is 0 Å². The molecule has 1 heterocycles. The van der Waals surface area contributed by atoms with Gasteiger partial charge in [0.15, 0.2) is 6.04 Å². The normalized spacial score (nSPS) is 18.1. The Bertz CT molecular complexity index is 520. The number of hydrogen-bond acceptors (Lipinski definition) is 4. The standard InChI is InChI=1S/C14H18N2O5/c1-20-12-5-3-2-4-10(12)8-15-14(19)16-6-7-21-9-11(16)13(17)18/h2-5,11H,6-9H2,1H3,(H,15,19)(H,17,18). The summed E-state index contributed by atoms with van der Waals surface area (Å²) < 4.78 is 10.3. The van der Waals surface area contributed by atoms with Gasteiger partial charge in [-0.05, 0) is 6.07 Å². The molecule has 2 N–H and O–H groups in total. The number of urea groups is 1. The quantitative estimate of drug-likeness (QED) is 0.853. The summed E-state index contributed by atoms with van der Waals surface area (Å²) in [6.07, 6.45) is 0. The highest BCUT2D eigenvalue weighted by molar-refractivity contribution is 5.83. The van der Waals surface area contributed by atoms with Crippen LogP contribution >= 0.6 is 0 Å². The van der Waals surface area contributed by atoms with Crippen molar-refractivity contribution in [3.8, 4) is 5.75 Å². The Hall–Kier alpha value is -2.28. The third-order valence-electron chi connectivity index (χ3n) is 3.30. The summed E-state index contributed by atoms with van der Waals surface area (Å²) in [5.74, 6) is -0.392. The molecule has 1 aromatic rings. The van der Waals surface area contributed by atoms with E-state index in [9.17, 15) is 9.59 Å². The number of amides is 2. The zero-order valence-corrected chi connectivity index (χ0v) is 11.7. The monoisotopic (exact) mass is 294 g/mol. The molecule has 1 atom stereocenters. The summed E-state index contributed by atoms with van der Waals surface area (Å²) in [4.78, 5) is 24.5. The van der Waals surface area contributed by atoms with E-state index in [-0.39, 0.29) is 19.7 Å². The van der Waals surface area contributed by atoms with Gasteiger partial charge in [0, 0.05) is 18.7 Å². The number of hydrogen-bond donors (Lipinski definition) is 2. The van der Waals surface area contributed by atoms with Gasteiger partial charge in [-0.1, -0.05) is 18.2 Å². The van der Waals surface area contributed by atoms with E-state index in [4.69, 9.17) is 14.6 Å². The van der Waals surface area contributed by atoms with Gasteiger partial charge in [0.05, 0.1) is 20.3 Å². The highest BCUT2D eigenvalue weighted by Gasteiger charge is 2.32. The third-order valence-corrected chi connectivity index (χ3v) is 3.30. The molecule has 1 unspecified atom stereocenters. The first-order chi connectivity index (χ1) is 10.1. The highest BCUT2D eigenvalue weighted by atomic mass is 16.5. The lowest BCUT2D eigenvalue weighted by atomic mass is 10.2. The highest BCUT2D eigenvalue weighted by Crippen LogP contribution is 2.17. The molecule has 1 aromatic carbocycles. The van der Waals surface area contributed by atoms with Crippen molar-refractivity contribution in [1.29, 1.82) is 0 Å². The van der Waals surface area contributed by atoms with Crippen LogP contribution in [0.1, 0.15) is 5.56 Å². The van der Waals surface area contributed by atoms with E-state index in [1.165, 1.54) is 4.90 Å². The largest absolute Gasteiger partial charge is 0.496 e. The molecule has 2 amide bonds. The molecule has 1 fully saturated rings. The van der Waals surface area contributed by atoms with Crippen LogP contribution in [0.5, 0.6) is 5.75 Å². The van der Waals surface area contributed by atoms with Gasteiger partial charge in [0.2, 0.25) is 0 Å². The van der Waals surface area contributed by atoms with Gasteiger partial charge in [0.1, 0.15) is 5.75 Å². The summed E-state index contributed by atoms with van der Waals surface area (Å²) >= 11 is 0. The smallest absolute Gasteiger partial charge is 0.328 e. The molecule has 1 aliphatic rings. The van der Waals surface area contributed by atoms with Crippen LogP contribution < -0.4 is 10.1 Å². The van der Waals surface area contributed by atoms with E-state index < -0.39 is 18.0 Å². The van der Waals surface area contributed by atoms with Crippen molar-refractivity contribution in [1.82, 2.24) is 10.2 Å². The number of carboxylic acid groups (broad SMARTS) is 1. The molecule has 1 aliphatic heterocycles. The number of para-hydroxylation sites is 1. The fraction of sp³-hybridized carbons (Fsp3) is 0.429. The predicted molar refractivity (Wildman–Crippen MR) is 74.2 cm³/mol. The van der Waals surface area contributed by atoms with E-state index in [1.54, 1.807) is 13.2 Å². The molecule has 0 spiro atoms. The Morgan fingerprint density at radius 1 is 1.48 bits per heavy atom. The summed E-state index contributed by atoms with van der Waals surface area (Å²) in [7, 11) is 1.56. The van der Waals surface area contributed by atoms with Crippen molar-refractivity contribution in [3.63, 3.8) is 0 Å². The molecule has 0 bridgehead atoms. The van der Waals surface area contributed by atoms with Gasteiger partial charge in [-0.2, -0.15) is 0 Å². The zero-order valence-electron chi connectivity index (χ0n) is 11.7. The lowest BCUT2D eigenvalue weighted by Crippen LogP contribution is -2.55. The van der Waals surface area contributed by atoms with Crippen molar-refractivity contribution >= 4 is 12.0 Å². The number of rotatable bonds is 4. The number of benzene rings is 1. The first kappa shape index (κ1) is 15.1. The van der Waals surface area contributed by atoms with Crippen LogP contribution in [0.2, 0.25) is 0 Å². The maximum Gasteiger partial charge on any atom is 0.328 e. The lowest BCUT2D eigenvalue weighted by Gasteiger charge is -2.32. The molecule has 0 saturated carbocycles. The van der Waals surface area contributed by atoms with Crippen molar-refractivity contribution in [2.75, 3.05) is 26.9 Å². The fourth-order valence-electron chi connectivity index (χ4n) is 2.17. The van der Waals surface area contributed by atoms with Crippen molar-refractivity contribution in [2.24, 2.45) is 0 Å². The maximum absolute atomic E-state index is 12.1. The van der Waals surface area contributed by atoms with Crippen LogP contribution in [0.4, 0.5) is 4.79 Å². The number of carboxylic acids is 1. The van der Waals surface area contributed by atoms with E-state index >= 15 is 0 Å². The minimum absolute atomic E-state index is 0.0113. The molecule has 0 aliphatic carbocycles. The minimum atomic E-state index is -1.07. The van der Waals surface area contributed by atoms with Crippen LogP contribution in [-0.2, 0) is 16.1 Å². The van der Waals surface area contributed by atoms with Crippen LogP contribution in [0.3, 0.4) is 0 Å².